The number of nitriles is 1. The minimum absolute atomic E-state index is 0.143. The van der Waals surface area contributed by atoms with Gasteiger partial charge in [-0.3, -0.25) is 24.5 Å². The third-order valence-corrected chi connectivity index (χ3v) is 11.7. The molecule has 13 heteroatoms. The summed E-state index contributed by atoms with van der Waals surface area (Å²) in [5.41, 5.74) is 2.02. The number of hydrogen-bond donors (Lipinski definition) is 2. The van der Waals surface area contributed by atoms with E-state index in [-0.39, 0.29) is 47.6 Å². The molecule has 3 aromatic carbocycles. The molecule has 282 valence electrons. The second-order valence-electron chi connectivity index (χ2n) is 15.8. The van der Waals surface area contributed by atoms with Crippen molar-refractivity contribution in [2.75, 3.05) is 18.0 Å². The number of carbonyl (C=O) groups excluding carboxylic acids is 3. The molecule has 1 aromatic heterocycles. The number of nitrogens with one attached hydrogen (secondary N) is 2. The number of rotatable bonds is 7. The van der Waals surface area contributed by atoms with Crippen molar-refractivity contribution < 1.29 is 19.1 Å². The molecule has 1 aliphatic carbocycles. The predicted octanol–water partition coefficient (Wildman–Crippen LogP) is 5.56. The van der Waals surface area contributed by atoms with Gasteiger partial charge in [-0.15, -0.1) is 5.10 Å². The number of benzene rings is 3. The minimum atomic E-state index is -0.864. The summed E-state index contributed by atoms with van der Waals surface area (Å²) < 4.78 is 7.43. The second-order valence-corrected chi connectivity index (χ2v) is 16.2. The van der Waals surface area contributed by atoms with E-state index in [1.165, 1.54) is 0 Å². The number of ether oxygens (including phenoxy) is 1. The molecule has 3 amide bonds. The molecule has 2 saturated heterocycles. The Labute approximate surface area is 324 Å². The van der Waals surface area contributed by atoms with Crippen LogP contribution in [0.4, 0.5) is 5.69 Å². The van der Waals surface area contributed by atoms with Crippen molar-refractivity contribution in [3.63, 3.8) is 0 Å². The highest BCUT2D eigenvalue weighted by atomic mass is 35.5. The predicted molar refractivity (Wildman–Crippen MR) is 207 cm³/mol. The number of hydrogen-bond acceptors (Lipinski definition) is 9. The number of carbonyl (C=O) groups is 3. The highest BCUT2D eigenvalue weighted by molar-refractivity contribution is 6.31. The van der Waals surface area contributed by atoms with Gasteiger partial charge in [-0.2, -0.15) is 9.94 Å². The van der Waals surface area contributed by atoms with Crippen molar-refractivity contribution in [1.82, 2.24) is 25.6 Å². The van der Waals surface area contributed by atoms with Gasteiger partial charge in [-0.05, 0) is 79.8 Å². The van der Waals surface area contributed by atoms with Gasteiger partial charge in [-0.1, -0.05) is 56.4 Å². The van der Waals surface area contributed by atoms with Crippen LogP contribution in [0.2, 0.25) is 5.02 Å². The molecule has 0 spiro atoms. The van der Waals surface area contributed by atoms with Crippen molar-refractivity contribution in [3.05, 3.63) is 92.7 Å². The average molecular weight is 760 g/mol. The van der Waals surface area contributed by atoms with Gasteiger partial charge < -0.3 is 15.0 Å². The molecule has 12 nitrogen and oxygen atoms in total. The molecule has 0 bridgehead atoms. The molecule has 4 aromatic rings. The molecule has 2 aliphatic heterocycles. The first kappa shape index (κ1) is 37.6. The van der Waals surface area contributed by atoms with Crippen LogP contribution in [0.25, 0.3) is 10.9 Å². The van der Waals surface area contributed by atoms with E-state index in [1.807, 2.05) is 24.3 Å². The standard InChI is InChI=1S/C42H42ClN7O5/c1-41(2)39(42(3,4)40(41)55-30-14-12-28(24-44)32(43)23-30)46-36(52)27-10-8-25(9-11-27)6-5-7-26-18-20-49(21-19-26)29-13-15-33-31(22-29)38(54)50(48-47-33)34-16-17-35(51)45-37(34)53/h8-15,22-23,26,34,39-40H,7,16-21H2,1-4H3,(H,46,52)(H,45,51,53). The summed E-state index contributed by atoms with van der Waals surface area (Å²) >= 11 is 6.23. The lowest BCUT2D eigenvalue weighted by Gasteiger charge is -2.63. The number of piperidine rings is 2. The summed E-state index contributed by atoms with van der Waals surface area (Å²) in [7, 11) is 0. The fourth-order valence-electron chi connectivity index (χ4n) is 8.57. The molecule has 1 saturated carbocycles. The molecule has 3 heterocycles. The molecule has 1 atom stereocenters. The fraction of sp³-hybridized carbons (Fsp3) is 0.405. The van der Waals surface area contributed by atoms with Gasteiger partial charge in [-0.25, -0.2) is 0 Å². The van der Waals surface area contributed by atoms with Crippen molar-refractivity contribution in [2.45, 2.75) is 78.0 Å². The number of fused-ring (bicyclic) bond motifs is 1. The zero-order valence-electron chi connectivity index (χ0n) is 31.2. The number of imide groups is 1. The van der Waals surface area contributed by atoms with Crippen LogP contribution in [-0.4, -0.2) is 58.0 Å². The quantitative estimate of drug-likeness (QED) is 0.182. The molecule has 1 unspecified atom stereocenters. The summed E-state index contributed by atoms with van der Waals surface area (Å²) in [6, 6.07) is 19.0. The van der Waals surface area contributed by atoms with Crippen LogP contribution in [-0.2, 0) is 9.59 Å². The van der Waals surface area contributed by atoms with Gasteiger partial charge >= 0.3 is 0 Å². The van der Waals surface area contributed by atoms with Crippen molar-refractivity contribution in [2.24, 2.45) is 16.7 Å². The van der Waals surface area contributed by atoms with Crippen LogP contribution >= 0.6 is 11.6 Å². The van der Waals surface area contributed by atoms with Crippen molar-refractivity contribution in [3.8, 4) is 23.7 Å². The van der Waals surface area contributed by atoms with Gasteiger partial charge in [0.05, 0.1) is 16.0 Å². The summed E-state index contributed by atoms with van der Waals surface area (Å²) in [4.78, 5) is 52.9. The fourth-order valence-corrected chi connectivity index (χ4v) is 8.78. The summed E-state index contributed by atoms with van der Waals surface area (Å²) in [6.07, 6.45) is 2.80. The van der Waals surface area contributed by atoms with E-state index in [4.69, 9.17) is 16.3 Å². The maximum atomic E-state index is 13.4. The van der Waals surface area contributed by atoms with Crippen LogP contribution < -0.4 is 25.8 Å². The lowest BCUT2D eigenvalue weighted by Crippen LogP contribution is -2.74. The maximum absolute atomic E-state index is 13.4. The number of aromatic nitrogens is 3. The maximum Gasteiger partial charge on any atom is 0.278 e. The number of nitrogens with zero attached hydrogens (tertiary/aromatic N) is 5. The summed E-state index contributed by atoms with van der Waals surface area (Å²) in [5, 5.41) is 23.6. The molecule has 2 N–H and O–H groups in total. The summed E-state index contributed by atoms with van der Waals surface area (Å²) in [6.45, 7) is 9.92. The molecule has 55 heavy (non-hydrogen) atoms. The summed E-state index contributed by atoms with van der Waals surface area (Å²) in [5.74, 6) is 6.56. The zero-order chi connectivity index (χ0) is 39.1. The smallest absolute Gasteiger partial charge is 0.278 e. The molecule has 7 rings (SSSR count). The lowest BCUT2D eigenvalue weighted by molar-refractivity contribution is -0.164. The third kappa shape index (κ3) is 7.39. The SMILES string of the molecule is CC1(C)C(NC(=O)c2ccc(C#CCC3CCN(c4ccc5nnn(C6CCC(=O)NC6=O)c(=O)c5c4)CC3)cc2)C(C)(C)C1Oc1ccc(C#N)c(Cl)c1. The minimum Gasteiger partial charge on any atom is -0.489 e. The molecular weight excluding hydrogens is 718 g/mol. The van der Waals surface area contributed by atoms with E-state index in [0.29, 0.717) is 38.7 Å². The molecule has 3 aliphatic rings. The van der Waals surface area contributed by atoms with Crippen LogP contribution in [0.1, 0.15) is 87.3 Å². The van der Waals surface area contributed by atoms with Gasteiger partial charge in [0.25, 0.3) is 17.4 Å². The highest BCUT2D eigenvalue weighted by Crippen LogP contribution is 2.55. The van der Waals surface area contributed by atoms with E-state index in [2.05, 4.69) is 71.5 Å². The Balaban J connectivity index is 0.912. The largest absolute Gasteiger partial charge is 0.489 e. The Morgan fingerprint density at radius 1 is 1.00 bits per heavy atom. The Hall–Kier alpha value is -5.72. The average Bonchev–Trinajstić information content (AvgIpc) is 3.17. The third-order valence-electron chi connectivity index (χ3n) is 11.4. The highest BCUT2D eigenvalue weighted by Gasteiger charge is 2.64. The van der Waals surface area contributed by atoms with Gasteiger partial charge in [0.1, 0.15) is 29.5 Å². The van der Waals surface area contributed by atoms with E-state index in [0.717, 1.165) is 48.3 Å². The molecule has 3 fully saturated rings. The number of halogens is 1. The number of anilines is 1. The van der Waals surface area contributed by atoms with Gasteiger partial charge in [0.2, 0.25) is 5.91 Å². The van der Waals surface area contributed by atoms with E-state index >= 15 is 0 Å². The van der Waals surface area contributed by atoms with Gasteiger partial charge in [0.15, 0.2) is 0 Å². The molecular formula is C42H42ClN7O5. The topological polar surface area (TPSA) is 159 Å². The van der Waals surface area contributed by atoms with Crippen LogP contribution in [0, 0.1) is 39.9 Å². The van der Waals surface area contributed by atoms with E-state index < -0.39 is 17.5 Å². The normalized spacial score (nSPS) is 21.7. The number of amides is 3. The first-order valence-electron chi connectivity index (χ1n) is 18.5. The van der Waals surface area contributed by atoms with E-state index in [1.54, 1.807) is 36.4 Å². The van der Waals surface area contributed by atoms with E-state index in [9.17, 15) is 24.4 Å². The zero-order valence-corrected chi connectivity index (χ0v) is 31.9. The van der Waals surface area contributed by atoms with Gasteiger partial charge in [0, 0.05) is 65.7 Å². The Bertz CT molecular complexity index is 2330. The molecule has 0 radical (unpaired) electrons. The Kier molecular flexibility index (Phi) is 10.1. The Morgan fingerprint density at radius 3 is 2.40 bits per heavy atom. The first-order valence-corrected chi connectivity index (χ1v) is 18.9. The first-order chi connectivity index (χ1) is 26.3. The van der Waals surface area contributed by atoms with Crippen LogP contribution in [0.3, 0.4) is 0 Å². The lowest BCUT2D eigenvalue weighted by atomic mass is 9.49. The monoisotopic (exact) mass is 759 g/mol. The van der Waals surface area contributed by atoms with Crippen molar-refractivity contribution >= 4 is 45.9 Å². The van der Waals surface area contributed by atoms with Crippen LogP contribution in [0.15, 0.2) is 65.5 Å². The Morgan fingerprint density at radius 2 is 1.73 bits per heavy atom. The van der Waals surface area contributed by atoms with Crippen molar-refractivity contribution in [1.29, 1.82) is 5.26 Å². The second kappa shape index (κ2) is 14.8. The van der Waals surface area contributed by atoms with Crippen LogP contribution in [0.5, 0.6) is 5.75 Å².